The van der Waals surface area contributed by atoms with Gasteiger partial charge in [-0.25, -0.2) is 0 Å². The number of esters is 1. The number of benzene rings is 1. The molecule has 2 aromatic rings. The Kier molecular flexibility index (Phi) is 4.23. The fourth-order valence-corrected chi connectivity index (χ4v) is 1.89. The van der Waals surface area contributed by atoms with Crippen molar-refractivity contribution in [2.24, 2.45) is 0 Å². The van der Waals surface area contributed by atoms with Gasteiger partial charge in [0.15, 0.2) is 0 Å². The van der Waals surface area contributed by atoms with Crippen molar-refractivity contribution < 1.29 is 9.53 Å². The van der Waals surface area contributed by atoms with Crippen molar-refractivity contribution in [2.45, 2.75) is 39.3 Å². The van der Waals surface area contributed by atoms with Crippen LogP contribution in [-0.2, 0) is 22.5 Å². The highest BCUT2D eigenvalue weighted by Crippen LogP contribution is 2.11. The van der Waals surface area contributed by atoms with Gasteiger partial charge in [0.2, 0.25) is 0 Å². The van der Waals surface area contributed by atoms with Crippen LogP contribution in [-0.4, -0.2) is 21.4 Å². The molecule has 1 aromatic heterocycles. The molecular weight excluding hydrogens is 252 g/mol. The first kappa shape index (κ1) is 14.3. The van der Waals surface area contributed by atoms with Crippen LogP contribution in [0.4, 0.5) is 0 Å². The molecule has 4 heteroatoms. The Morgan fingerprint density at radius 1 is 1.20 bits per heavy atom. The molecule has 1 heterocycles. The largest absolute Gasteiger partial charge is 0.460 e. The summed E-state index contributed by atoms with van der Waals surface area (Å²) in [6.45, 7) is 6.36. The Labute approximate surface area is 119 Å². The zero-order chi connectivity index (χ0) is 14.6. The van der Waals surface area contributed by atoms with Gasteiger partial charge in [0.05, 0.1) is 13.0 Å². The van der Waals surface area contributed by atoms with Gasteiger partial charge in [-0.2, -0.15) is 5.10 Å². The van der Waals surface area contributed by atoms with Crippen LogP contribution < -0.4 is 0 Å². The Morgan fingerprint density at radius 3 is 2.40 bits per heavy atom. The van der Waals surface area contributed by atoms with Crippen molar-refractivity contribution in [2.75, 3.05) is 0 Å². The second-order valence-electron chi connectivity index (χ2n) is 5.78. The molecule has 20 heavy (non-hydrogen) atoms. The van der Waals surface area contributed by atoms with Crippen LogP contribution in [0.5, 0.6) is 0 Å². The van der Waals surface area contributed by atoms with Crippen molar-refractivity contribution >= 4 is 5.97 Å². The lowest BCUT2D eigenvalue weighted by atomic mass is 10.1. The highest BCUT2D eigenvalue weighted by atomic mass is 16.6. The predicted octanol–water partition coefficient (Wildman–Crippen LogP) is 2.82. The van der Waals surface area contributed by atoms with Gasteiger partial charge in [-0.1, -0.05) is 24.3 Å². The van der Waals surface area contributed by atoms with E-state index in [1.807, 2.05) is 62.0 Å². The molecule has 0 saturated heterocycles. The molecule has 0 amide bonds. The summed E-state index contributed by atoms with van der Waals surface area (Å²) in [6, 6.07) is 9.85. The lowest BCUT2D eigenvalue weighted by Gasteiger charge is -2.19. The molecule has 0 radical (unpaired) electrons. The molecule has 0 spiro atoms. The van der Waals surface area contributed by atoms with Gasteiger partial charge in [0, 0.05) is 12.4 Å². The van der Waals surface area contributed by atoms with Crippen LogP contribution in [0, 0.1) is 0 Å². The third-order valence-corrected chi connectivity index (χ3v) is 2.70. The number of rotatable bonds is 4. The van der Waals surface area contributed by atoms with Gasteiger partial charge in [0.1, 0.15) is 5.60 Å². The quantitative estimate of drug-likeness (QED) is 0.804. The summed E-state index contributed by atoms with van der Waals surface area (Å²) in [5, 5.41) is 4.17. The smallest absolute Gasteiger partial charge is 0.310 e. The number of carbonyl (C=O) groups is 1. The van der Waals surface area contributed by atoms with Crippen molar-refractivity contribution in [3.63, 3.8) is 0 Å². The first-order valence-electron chi connectivity index (χ1n) is 6.69. The van der Waals surface area contributed by atoms with Crippen molar-refractivity contribution in [1.82, 2.24) is 9.78 Å². The van der Waals surface area contributed by atoms with Gasteiger partial charge in [-0.3, -0.25) is 9.48 Å². The molecule has 0 fully saturated rings. The van der Waals surface area contributed by atoms with E-state index in [4.69, 9.17) is 4.74 Å². The maximum atomic E-state index is 11.7. The van der Waals surface area contributed by atoms with E-state index in [9.17, 15) is 4.79 Å². The zero-order valence-electron chi connectivity index (χ0n) is 12.2. The topological polar surface area (TPSA) is 44.1 Å². The maximum Gasteiger partial charge on any atom is 0.310 e. The molecule has 0 aliphatic heterocycles. The zero-order valence-corrected chi connectivity index (χ0v) is 12.2. The lowest BCUT2D eigenvalue weighted by Crippen LogP contribution is -2.24. The fourth-order valence-electron chi connectivity index (χ4n) is 1.89. The summed E-state index contributed by atoms with van der Waals surface area (Å²) in [7, 11) is 0. The van der Waals surface area contributed by atoms with E-state index in [0.717, 1.165) is 17.7 Å². The molecule has 0 N–H and O–H groups in total. The summed E-state index contributed by atoms with van der Waals surface area (Å²) in [5.74, 6) is -0.197. The van der Waals surface area contributed by atoms with E-state index in [-0.39, 0.29) is 5.97 Å². The Bertz CT molecular complexity index is 551. The monoisotopic (exact) mass is 272 g/mol. The average Bonchev–Trinajstić information content (AvgIpc) is 2.82. The summed E-state index contributed by atoms with van der Waals surface area (Å²) in [4.78, 5) is 11.7. The number of hydrogen-bond acceptors (Lipinski definition) is 3. The molecule has 4 nitrogen and oxygen atoms in total. The van der Waals surface area contributed by atoms with E-state index in [1.165, 1.54) is 0 Å². The van der Waals surface area contributed by atoms with Gasteiger partial charge in [-0.05, 0) is 38.0 Å². The minimum atomic E-state index is -0.433. The molecule has 0 saturated carbocycles. The highest BCUT2D eigenvalue weighted by molar-refractivity contribution is 5.73. The fraction of sp³-hybridized carbons (Fsp3) is 0.375. The molecule has 1 aromatic carbocycles. The number of ether oxygens (including phenoxy) is 1. The Balaban J connectivity index is 1.93. The summed E-state index contributed by atoms with van der Waals surface area (Å²) in [5.41, 5.74) is 1.68. The van der Waals surface area contributed by atoms with Crippen LogP contribution >= 0.6 is 0 Å². The van der Waals surface area contributed by atoms with Crippen LogP contribution in [0.3, 0.4) is 0 Å². The molecule has 2 rings (SSSR count). The maximum absolute atomic E-state index is 11.7. The number of nitrogens with zero attached hydrogens (tertiary/aromatic N) is 2. The van der Waals surface area contributed by atoms with E-state index in [0.29, 0.717) is 6.42 Å². The van der Waals surface area contributed by atoms with E-state index in [1.54, 1.807) is 6.20 Å². The number of aromatic nitrogens is 2. The average molecular weight is 272 g/mol. The van der Waals surface area contributed by atoms with E-state index < -0.39 is 5.60 Å². The molecule has 106 valence electrons. The third kappa shape index (κ3) is 4.53. The van der Waals surface area contributed by atoms with E-state index >= 15 is 0 Å². The van der Waals surface area contributed by atoms with E-state index in [2.05, 4.69) is 5.10 Å². The van der Waals surface area contributed by atoms with Crippen molar-refractivity contribution in [3.8, 4) is 0 Å². The molecule has 0 unspecified atom stereocenters. The summed E-state index contributed by atoms with van der Waals surface area (Å²) < 4.78 is 7.17. The molecule has 0 bridgehead atoms. The molecule has 0 atom stereocenters. The molecule has 0 aliphatic rings. The number of carbonyl (C=O) groups excluding carboxylic acids is 1. The Morgan fingerprint density at radius 2 is 1.85 bits per heavy atom. The highest BCUT2D eigenvalue weighted by Gasteiger charge is 2.16. The lowest BCUT2D eigenvalue weighted by molar-refractivity contribution is -0.153. The third-order valence-electron chi connectivity index (χ3n) is 2.70. The van der Waals surface area contributed by atoms with Crippen molar-refractivity contribution in [1.29, 1.82) is 0 Å². The SMILES string of the molecule is CC(C)(C)OC(=O)Cc1ccc(Cn2cccn2)cc1. The standard InChI is InChI=1S/C16H20N2O2/c1-16(2,3)20-15(19)11-13-5-7-14(8-6-13)12-18-10-4-9-17-18/h4-10H,11-12H2,1-3H3. The normalized spacial score (nSPS) is 11.3. The van der Waals surface area contributed by atoms with Gasteiger partial charge in [-0.15, -0.1) is 0 Å². The second kappa shape index (κ2) is 5.90. The molecule has 0 aliphatic carbocycles. The number of hydrogen-bond donors (Lipinski definition) is 0. The van der Waals surface area contributed by atoms with Crippen LogP contribution in [0.2, 0.25) is 0 Å². The first-order chi connectivity index (χ1) is 9.42. The van der Waals surface area contributed by atoms with Crippen LogP contribution in [0.1, 0.15) is 31.9 Å². The van der Waals surface area contributed by atoms with Gasteiger partial charge >= 0.3 is 5.97 Å². The van der Waals surface area contributed by atoms with Crippen LogP contribution in [0.15, 0.2) is 42.7 Å². The Hall–Kier alpha value is -2.10. The molecular formula is C16H20N2O2. The summed E-state index contributed by atoms with van der Waals surface area (Å²) >= 11 is 0. The van der Waals surface area contributed by atoms with Crippen molar-refractivity contribution in [3.05, 3.63) is 53.9 Å². The van der Waals surface area contributed by atoms with Gasteiger partial charge in [0.25, 0.3) is 0 Å². The predicted molar refractivity (Wildman–Crippen MR) is 77.3 cm³/mol. The minimum Gasteiger partial charge on any atom is -0.460 e. The second-order valence-corrected chi connectivity index (χ2v) is 5.78. The first-order valence-corrected chi connectivity index (χ1v) is 6.69. The van der Waals surface area contributed by atoms with Gasteiger partial charge < -0.3 is 4.74 Å². The minimum absolute atomic E-state index is 0.197. The summed E-state index contributed by atoms with van der Waals surface area (Å²) in [6.07, 6.45) is 3.99. The van der Waals surface area contributed by atoms with Crippen LogP contribution in [0.25, 0.3) is 0 Å².